The molecule has 9 heteroatoms. The fourth-order valence-electron chi connectivity index (χ4n) is 4.25. The Bertz CT molecular complexity index is 1420. The van der Waals surface area contributed by atoms with Gasteiger partial charge in [-0.1, -0.05) is 18.2 Å². The van der Waals surface area contributed by atoms with Gasteiger partial charge < -0.3 is 20.5 Å². The molecule has 4 aromatic rings. The number of rotatable bonds is 9. The van der Waals surface area contributed by atoms with Crippen molar-refractivity contribution >= 4 is 11.6 Å². The Balaban J connectivity index is 1.61. The fourth-order valence-corrected chi connectivity index (χ4v) is 4.25. The number of nitrogens with one attached hydrogen (secondary N) is 1. The number of carbonyl (C=O) groups excluding carboxylic acids is 1. The first-order chi connectivity index (χ1) is 17.6. The molecule has 1 amide bonds. The Kier molecular flexibility index (Phi) is 7.45. The number of methoxy groups -OCH3 is 1. The molecule has 0 fully saturated rings. The summed E-state index contributed by atoms with van der Waals surface area (Å²) in [7, 11) is 1.61. The number of aromatic nitrogens is 2. The number of carbonyl (C=O) groups is 1. The summed E-state index contributed by atoms with van der Waals surface area (Å²) in [5.41, 5.74) is 8.13. The van der Waals surface area contributed by atoms with E-state index in [1.54, 1.807) is 30.7 Å². The number of nitrogens with two attached hydrogens (primary N) is 1. The standard InChI is InChI=1S/C28H30F2N4O3/c1-17-12-24(37-15-21-22(29)6-5-7-23(21)30)26-32-18(2)25(34(26)14-17)27(35)33-28(3,16-31)13-19-8-10-20(36-4)11-9-19/h5-12,14H,13,15-16,31H2,1-4H3,(H,33,35). The first-order valence-electron chi connectivity index (χ1n) is 11.8. The van der Waals surface area contributed by atoms with E-state index >= 15 is 0 Å². The number of aryl methyl sites for hydroxylation is 2. The largest absolute Gasteiger partial charge is 0.497 e. The molecule has 0 radical (unpaired) electrons. The van der Waals surface area contributed by atoms with Gasteiger partial charge in [0.1, 0.15) is 29.7 Å². The predicted molar refractivity (Wildman–Crippen MR) is 137 cm³/mol. The van der Waals surface area contributed by atoms with Crippen LogP contribution in [0.4, 0.5) is 8.78 Å². The van der Waals surface area contributed by atoms with Gasteiger partial charge in [0, 0.05) is 12.7 Å². The van der Waals surface area contributed by atoms with Crippen LogP contribution in [0.5, 0.6) is 11.5 Å². The normalized spacial score (nSPS) is 12.8. The van der Waals surface area contributed by atoms with Gasteiger partial charge in [0.25, 0.3) is 5.91 Å². The van der Waals surface area contributed by atoms with E-state index in [4.69, 9.17) is 15.2 Å². The zero-order valence-electron chi connectivity index (χ0n) is 21.3. The molecule has 0 aliphatic rings. The smallest absolute Gasteiger partial charge is 0.270 e. The molecule has 0 aliphatic heterocycles. The molecule has 0 bridgehead atoms. The van der Waals surface area contributed by atoms with Gasteiger partial charge in [0.05, 0.1) is 23.9 Å². The van der Waals surface area contributed by atoms with Crippen LogP contribution in [0.15, 0.2) is 54.7 Å². The molecular formula is C28H30F2N4O3. The number of nitrogens with zero attached hydrogens (tertiary/aromatic N) is 2. The summed E-state index contributed by atoms with van der Waals surface area (Å²) in [4.78, 5) is 18.0. The van der Waals surface area contributed by atoms with Crippen LogP contribution in [-0.4, -0.2) is 34.5 Å². The third-order valence-electron chi connectivity index (χ3n) is 6.27. The van der Waals surface area contributed by atoms with Crippen LogP contribution in [0.25, 0.3) is 5.65 Å². The van der Waals surface area contributed by atoms with Gasteiger partial charge in [0.15, 0.2) is 11.4 Å². The Morgan fingerprint density at radius 1 is 1.14 bits per heavy atom. The van der Waals surface area contributed by atoms with Crippen LogP contribution >= 0.6 is 0 Å². The first kappa shape index (κ1) is 26.1. The van der Waals surface area contributed by atoms with Crippen LogP contribution in [0.1, 0.15) is 39.8 Å². The number of hydrogen-bond acceptors (Lipinski definition) is 5. The van der Waals surface area contributed by atoms with Crippen LogP contribution < -0.4 is 20.5 Å². The Labute approximate surface area is 214 Å². The fraction of sp³-hybridized carbons (Fsp3) is 0.286. The van der Waals surface area contributed by atoms with Gasteiger partial charge in [-0.05, 0) is 68.7 Å². The zero-order valence-corrected chi connectivity index (χ0v) is 21.3. The molecule has 7 nitrogen and oxygen atoms in total. The summed E-state index contributed by atoms with van der Waals surface area (Å²) < 4.78 is 40.8. The van der Waals surface area contributed by atoms with E-state index in [2.05, 4.69) is 10.3 Å². The van der Waals surface area contributed by atoms with E-state index in [1.165, 1.54) is 18.2 Å². The van der Waals surface area contributed by atoms with E-state index in [9.17, 15) is 13.6 Å². The molecule has 194 valence electrons. The van der Waals surface area contributed by atoms with E-state index < -0.39 is 17.2 Å². The lowest BCUT2D eigenvalue weighted by atomic mass is 9.92. The van der Waals surface area contributed by atoms with Gasteiger partial charge in [-0.15, -0.1) is 0 Å². The van der Waals surface area contributed by atoms with E-state index in [0.717, 1.165) is 16.9 Å². The van der Waals surface area contributed by atoms with Crippen molar-refractivity contribution in [2.45, 2.75) is 39.3 Å². The summed E-state index contributed by atoms with van der Waals surface area (Å²) in [5.74, 6) is -0.676. The molecule has 4 rings (SSSR count). The number of imidazole rings is 1. The summed E-state index contributed by atoms with van der Waals surface area (Å²) in [6, 6.07) is 13.0. The molecule has 1 atom stereocenters. The molecule has 2 heterocycles. The maximum Gasteiger partial charge on any atom is 0.270 e. The minimum atomic E-state index is -0.728. The van der Waals surface area contributed by atoms with Crippen molar-refractivity contribution in [1.29, 1.82) is 0 Å². The molecule has 0 aliphatic carbocycles. The minimum Gasteiger partial charge on any atom is -0.497 e. The number of halogens is 2. The van der Waals surface area contributed by atoms with Crippen LogP contribution in [0.3, 0.4) is 0 Å². The Hall–Kier alpha value is -3.98. The molecule has 0 spiro atoms. The molecule has 0 saturated carbocycles. The van der Waals surface area contributed by atoms with Gasteiger partial charge in [-0.25, -0.2) is 13.8 Å². The molecule has 0 saturated heterocycles. The second-order valence-electron chi connectivity index (χ2n) is 9.35. The molecule has 37 heavy (non-hydrogen) atoms. The van der Waals surface area contributed by atoms with Gasteiger partial charge in [-0.3, -0.25) is 9.20 Å². The average Bonchev–Trinajstić information content (AvgIpc) is 3.19. The lowest BCUT2D eigenvalue weighted by Gasteiger charge is -2.29. The third kappa shape index (κ3) is 5.56. The maximum absolute atomic E-state index is 14.1. The number of hydrogen-bond donors (Lipinski definition) is 2. The number of fused-ring (bicyclic) bond motifs is 1. The highest BCUT2D eigenvalue weighted by molar-refractivity contribution is 5.95. The van der Waals surface area contributed by atoms with Gasteiger partial charge >= 0.3 is 0 Å². The van der Waals surface area contributed by atoms with Gasteiger partial charge in [0.2, 0.25) is 0 Å². The topological polar surface area (TPSA) is 90.9 Å². The van der Waals surface area contributed by atoms with Crippen LogP contribution in [-0.2, 0) is 13.0 Å². The van der Waals surface area contributed by atoms with Crippen LogP contribution in [0.2, 0.25) is 0 Å². The van der Waals surface area contributed by atoms with Crippen LogP contribution in [0, 0.1) is 25.5 Å². The monoisotopic (exact) mass is 508 g/mol. The number of ether oxygens (including phenoxy) is 2. The van der Waals surface area contributed by atoms with E-state index in [-0.39, 0.29) is 24.6 Å². The van der Waals surface area contributed by atoms with Crippen molar-refractivity contribution in [3.63, 3.8) is 0 Å². The quantitative estimate of drug-likeness (QED) is 0.347. The minimum absolute atomic E-state index is 0.180. The highest BCUT2D eigenvalue weighted by Crippen LogP contribution is 2.26. The molecule has 3 N–H and O–H groups in total. The van der Waals surface area contributed by atoms with Gasteiger partial charge in [-0.2, -0.15) is 0 Å². The maximum atomic E-state index is 14.1. The number of amides is 1. The van der Waals surface area contributed by atoms with Crippen molar-refractivity contribution < 1.29 is 23.0 Å². The highest BCUT2D eigenvalue weighted by atomic mass is 19.1. The zero-order chi connectivity index (χ0) is 26.7. The summed E-state index contributed by atoms with van der Waals surface area (Å²) >= 11 is 0. The predicted octanol–water partition coefficient (Wildman–Crippen LogP) is 4.51. The summed E-state index contributed by atoms with van der Waals surface area (Å²) in [5, 5.41) is 3.07. The molecule has 2 aromatic heterocycles. The molecule has 1 unspecified atom stereocenters. The Morgan fingerprint density at radius 3 is 2.43 bits per heavy atom. The summed E-state index contributed by atoms with van der Waals surface area (Å²) in [6.07, 6.45) is 2.28. The highest BCUT2D eigenvalue weighted by Gasteiger charge is 2.29. The average molecular weight is 509 g/mol. The van der Waals surface area contributed by atoms with E-state index in [1.807, 2.05) is 38.1 Å². The van der Waals surface area contributed by atoms with E-state index in [0.29, 0.717) is 29.2 Å². The lowest BCUT2D eigenvalue weighted by molar-refractivity contribution is 0.0901. The lowest BCUT2D eigenvalue weighted by Crippen LogP contribution is -2.53. The second kappa shape index (κ2) is 10.6. The SMILES string of the molecule is COc1ccc(CC(C)(CN)NC(=O)c2c(C)nc3c(OCc4c(F)cccc4F)cc(C)cn23)cc1. The second-order valence-corrected chi connectivity index (χ2v) is 9.35. The van der Waals surface area contributed by atoms with Crippen molar-refractivity contribution in [1.82, 2.24) is 14.7 Å². The van der Waals surface area contributed by atoms with Crippen molar-refractivity contribution in [2.24, 2.45) is 5.73 Å². The third-order valence-corrected chi connectivity index (χ3v) is 6.27. The molecular weight excluding hydrogens is 478 g/mol. The number of benzene rings is 2. The van der Waals surface area contributed by atoms with Crippen molar-refractivity contribution in [3.05, 3.63) is 94.4 Å². The first-order valence-corrected chi connectivity index (χ1v) is 11.8. The van der Waals surface area contributed by atoms with Crippen molar-refractivity contribution in [3.8, 4) is 11.5 Å². The van der Waals surface area contributed by atoms with Crippen molar-refractivity contribution in [2.75, 3.05) is 13.7 Å². The Morgan fingerprint density at radius 2 is 1.81 bits per heavy atom. The summed E-state index contributed by atoms with van der Waals surface area (Å²) in [6.45, 7) is 5.33. The number of pyridine rings is 1. The molecule has 2 aromatic carbocycles.